The summed E-state index contributed by atoms with van der Waals surface area (Å²) >= 11 is 6.33. The Morgan fingerprint density at radius 2 is 1.61 bits per heavy atom. The van der Waals surface area contributed by atoms with E-state index in [2.05, 4.69) is 4.98 Å². The minimum Gasteiger partial charge on any atom is -0.507 e. The number of hydrogen-bond donors (Lipinski definition) is 1. The summed E-state index contributed by atoms with van der Waals surface area (Å²) in [6.45, 7) is 5.67. The zero-order valence-electron chi connectivity index (χ0n) is 18.7. The van der Waals surface area contributed by atoms with Gasteiger partial charge in [-0.05, 0) is 79.4 Å². The van der Waals surface area contributed by atoms with Crippen LogP contribution in [0.15, 0.2) is 60.4 Å². The van der Waals surface area contributed by atoms with Crippen molar-refractivity contribution >= 4 is 34.7 Å². The molecule has 4 rings (SSSR count). The van der Waals surface area contributed by atoms with Crippen LogP contribution >= 0.6 is 11.6 Å². The van der Waals surface area contributed by atoms with Crippen molar-refractivity contribution in [3.05, 3.63) is 93.3 Å². The zero-order valence-corrected chi connectivity index (χ0v) is 19.5. The molecule has 2 aromatic carbocycles. The maximum Gasteiger partial charge on any atom is 0.300 e. The monoisotopic (exact) mass is 462 g/mol. The number of Topliss-reactive ketones (excluding diaryl/α,β-unsaturated/α-hetero) is 1. The lowest BCUT2D eigenvalue weighted by Gasteiger charge is -2.26. The zero-order chi connectivity index (χ0) is 23.9. The molecule has 0 aliphatic carbocycles. The van der Waals surface area contributed by atoms with E-state index in [1.165, 1.54) is 12.0 Å². The van der Waals surface area contributed by atoms with Gasteiger partial charge in [-0.25, -0.2) is 0 Å². The number of halogens is 1. The first-order valence-corrected chi connectivity index (χ1v) is 10.7. The molecule has 6 nitrogen and oxygen atoms in total. The van der Waals surface area contributed by atoms with Gasteiger partial charge < -0.3 is 9.84 Å². The standard InChI is InChI=1S/C26H23ClN2O4/c1-14-9-15(2)11-18(10-14)29-22(17-5-7-28-8-6-17)21(24(31)26(29)32)23(30)19-12-16(3)13-20(27)25(19)33-4/h5-13,22,30H,1-4H3/b23-21+. The van der Waals surface area contributed by atoms with Crippen LogP contribution in [0.1, 0.15) is 33.9 Å². The summed E-state index contributed by atoms with van der Waals surface area (Å²) in [6, 6.07) is 11.6. The molecule has 1 saturated heterocycles. The number of hydrogen-bond acceptors (Lipinski definition) is 5. The van der Waals surface area contributed by atoms with E-state index in [-0.39, 0.29) is 22.6 Å². The maximum absolute atomic E-state index is 13.3. The predicted octanol–water partition coefficient (Wildman–Crippen LogP) is 5.30. The van der Waals surface area contributed by atoms with Gasteiger partial charge in [-0.3, -0.25) is 19.5 Å². The van der Waals surface area contributed by atoms with Gasteiger partial charge in [0, 0.05) is 18.1 Å². The molecule has 3 aromatic rings. The fourth-order valence-electron chi connectivity index (χ4n) is 4.31. The van der Waals surface area contributed by atoms with E-state index in [1.54, 1.807) is 36.7 Å². The number of carbonyl (C=O) groups excluding carboxylic acids is 2. The lowest BCUT2D eigenvalue weighted by Crippen LogP contribution is -2.29. The van der Waals surface area contributed by atoms with E-state index in [0.29, 0.717) is 16.3 Å². The first-order valence-electron chi connectivity index (χ1n) is 10.4. The van der Waals surface area contributed by atoms with Crippen molar-refractivity contribution in [1.82, 2.24) is 4.98 Å². The summed E-state index contributed by atoms with van der Waals surface area (Å²) < 4.78 is 5.41. The van der Waals surface area contributed by atoms with Crippen molar-refractivity contribution in [3.8, 4) is 5.75 Å². The second-order valence-corrected chi connectivity index (χ2v) is 8.53. The van der Waals surface area contributed by atoms with Crippen LogP contribution in [0.3, 0.4) is 0 Å². The summed E-state index contributed by atoms with van der Waals surface area (Å²) in [5.74, 6) is -1.62. The highest BCUT2D eigenvalue weighted by molar-refractivity contribution is 6.51. The number of ether oxygens (including phenoxy) is 1. The highest BCUT2D eigenvalue weighted by atomic mass is 35.5. The van der Waals surface area contributed by atoms with E-state index in [4.69, 9.17) is 16.3 Å². The topological polar surface area (TPSA) is 79.7 Å². The SMILES string of the molecule is COc1c(Cl)cc(C)cc1/C(O)=C1\C(=O)C(=O)N(c2cc(C)cc(C)c2)C1c1ccncc1. The van der Waals surface area contributed by atoms with Crippen molar-refractivity contribution in [1.29, 1.82) is 0 Å². The fourth-order valence-corrected chi connectivity index (χ4v) is 4.66. The number of aromatic nitrogens is 1. The van der Waals surface area contributed by atoms with Gasteiger partial charge >= 0.3 is 0 Å². The van der Waals surface area contributed by atoms with Crippen LogP contribution in [0.2, 0.25) is 5.02 Å². The molecule has 7 heteroatoms. The third-order valence-corrected chi connectivity index (χ3v) is 5.88. The quantitative estimate of drug-likeness (QED) is 0.323. The Kier molecular flexibility index (Phi) is 5.95. The van der Waals surface area contributed by atoms with Gasteiger partial charge in [-0.15, -0.1) is 0 Å². The Balaban J connectivity index is 2.02. The van der Waals surface area contributed by atoms with Gasteiger partial charge in [0.2, 0.25) is 0 Å². The van der Waals surface area contributed by atoms with Gasteiger partial charge in [0.25, 0.3) is 11.7 Å². The van der Waals surface area contributed by atoms with Crippen molar-refractivity contribution < 1.29 is 19.4 Å². The fraction of sp³-hybridized carbons (Fsp3) is 0.192. The highest BCUT2D eigenvalue weighted by Crippen LogP contribution is 2.44. The number of rotatable bonds is 4. The van der Waals surface area contributed by atoms with E-state index in [0.717, 1.165) is 16.7 Å². The molecule has 1 amide bonds. The van der Waals surface area contributed by atoms with Gasteiger partial charge in [0.15, 0.2) is 0 Å². The largest absolute Gasteiger partial charge is 0.507 e. The summed E-state index contributed by atoms with van der Waals surface area (Å²) in [5, 5.41) is 11.7. The Labute approximate surface area is 197 Å². The smallest absolute Gasteiger partial charge is 0.300 e. The van der Waals surface area contributed by atoms with Crippen LogP contribution < -0.4 is 9.64 Å². The molecule has 1 aliphatic rings. The highest BCUT2D eigenvalue weighted by Gasteiger charge is 2.47. The van der Waals surface area contributed by atoms with Crippen LogP contribution in [0.4, 0.5) is 5.69 Å². The molecule has 1 fully saturated rings. The van der Waals surface area contributed by atoms with Gasteiger partial charge in [-0.2, -0.15) is 0 Å². The number of ketones is 1. The molecular weight excluding hydrogens is 440 g/mol. The van der Waals surface area contributed by atoms with Crippen LogP contribution in [0.5, 0.6) is 5.75 Å². The number of aryl methyl sites for hydroxylation is 3. The molecule has 1 aromatic heterocycles. The van der Waals surface area contributed by atoms with E-state index >= 15 is 0 Å². The van der Waals surface area contributed by atoms with Crippen molar-refractivity contribution in [2.24, 2.45) is 0 Å². The summed E-state index contributed by atoms with van der Waals surface area (Å²) in [5.41, 5.74) is 4.10. The minimum absolute atomic E-state index is 0.0367. The number of nitrogens with zero attached hydrogens (tertiary/aromatic N) is 2. The van der Waals surface area contributed by atoms with E-state index < -0.39 is 17.7 Å². The summed E-state index contributed by atoms with van der Waals surface area (Å²) in [4.78, 5) is 32.1. The number of aliphatic hydroxyl groups is 1. The Morgan fingerprint density at radius 3 is 2.21 bits per heavy atom. The third kappa shape index (κ3) is 3.98. The number of aliphatic hydroxyl groups excluding tert-OH is 1. The molecule has 0 spiro atoms. The van der Waals surface area contributed by atoms with Crippen molar-refractivity contribution in [2.45, 2.75) is 26.8 Å². The summed E-state index contributed by atoms with van der Waals surface area (Å²) in [7, 11) is 1.43. The second-order valence-electron chi connectivity index (χ2n) is 8.12. The molecule has 2 heterocycles. The molecule has 33 heavy (non-hydrogen) atoms. The Bertz CT molecular complexity index is 1280. The van der Waals surface area contributed by atoms with Crippen LogP contribution in [-0.4, -0.2) is 28.9 Å². The molecule has 1 aliphatic heterocycles. The lowest BCUT2D eigenvalue weighted by atomic mass is 9.94. The molecular formula is C26H23ClN2O4. The number of methoxy groups -OCH3 is 1. The van der Waals surface area contributed by atoms with E-state index in [1.807, 2.05) is 39.0 Å². The maximum atomic E-state index is 13.3. The van der Waals surface area contributed by atoms with Crippen LogP contribution in [-0.2, 0) is 9.59 Å². The second kappa shape index (κ2) is 8.71. The summed E-state index contributed by atoms with van der Waals surface area (Å²) in [6.07, 6.45) is 3.17. The molecule has 1 atom stereocenters. The average molecular weight is 463 g/mol. The van der Waals surface area contributed by atoms with Crippen LogP contribution in [0.25, 0.3) is 5.76 Å². The predicted molar refractivity (Wildman–Crippen MR) is 128 cm³/mol. The van der Waals surface area contributed by atoms with Gasteiger partial charge in [-0.1, -0.05) is 17.7 Å². The number of benzene rings is 2. The van der Waals surface area contributed by atoms with Crippen molar-refractivity contribution in [3.63, 3.8) is 0 Å². The minimum atomic E-state index is -0.849. The molecule has 0 saturated carbocycles. The van der Waals surface area contributed by atoms with Crippen molar-refractivity contribution in [2.75, 3.05) is 12.0 Å². The Hall–Kier alpha value is -3.64. The third-order valence-electron chi connectivity index (χ3n) is 5.60. The molecule has 168 valence electrons. The molecule has 1 unspecified atom stereocenters. The normalized spacial score (nSPS) is 17.5. The molecule has 0 radical (unpaired) electrons. The van der Waals surface area contributed by atoms with Gasteiger partial charge in [0.1, 0.15) is 11.5 Å². The van der Waals surface area contributed by atoms with Gasteiger partial charge in [0.05, 0.1) is 29.3 Å². The number of pyridine rings is 1. The van der Waals surface area contributed by atoms with Crippen LogP contribution in [0, 0.1) is 20.8 Å². The van der Waals surface area contributed by atoms with E-state index in [9.17, 15) is 14.7 Å². The first kappa shape index (κ1) is 22.6. The average Bonchev–Trinajstić information content (AvgIpc) is 3.03. The Morgan fingerprint density at radius 1 is 1.00 bits per heavy atom. The number of carbonyl (C=O) groups is 2. The number of anilines is 1. The molecule has 0 bridgehead atoms. The number of amides is 1. The lowest BCUT2D eigenvalue weighted by molar-refractivity contribution is -0.132. The first-order chi connectivity index (χ1) is 15.7. The molecule has 1 N–H and O–H groups in total.